The van der Waals surface area contributed by atoms with E-state index in [1.54, 1.807) is 0 Å². The molecule has 0 fully saturated rings. The molecule has 0 unspecified atom stereocenters. The second-order valence-corrected chi connectivity index (χ2v) is 3.16. The van der Waals surface area contributed by atoms with Gasteiger partial charge in [0.25, 0.3) is 0 Å². The zero-order chi connectivity index (χ0) is 9.97. The monoisotopic (exact) mass is 187 g/mol. The molecule has 0 bridgehead atoms. The minimum Gasteiger partial charge on any atom is -0.324 e. The van der Waals surface area contributed by atoms with Crippen molar-refractivity contribution in [2.75, 3.05) is 5.32 Å². The van der Waals surface area contributed by atoms with Gasteiger partial charge < -0.3 is 5.32 Å². The standard InChI is InChI=1S/C11H10N2O/c1-13-7-10(12-8-14)6-9-4-2-3-5-11(9)13/h2-8H,1H3/p+1. The average Bonchev–Trinajstić information content (AvgIpc) is 2.18. The first-order chi connectivity index (χ1) is 6.81. The molecule has 2 rings (SSSR count). The first kappa shape index (κ1) is 8.69. The van der Waals surface area contributed by atoms with Crippen LogP contribution in [0.5, 0.6) is 0 Å². The van der Waals surface area contributed by atoms with Crippen molar-refractivity contribution >= 4 is 23.0 Å². The fraction of sp³-hybridized carbons (Fsp3) is 0.0909. The molecule has 2 aromatic rings. The van der Waals surface area contributed by atoms with Gasteiger partial charge >= 0.3 is 0 Å². The van der Waals surface area contributed by atoms with E-state index in [2.05, 4.69) is 5.32 Å². The number of para-hydroxylation sites is 1. The lowest BCUT2D eigenvalue weighted by Crippen LogP contribution is -2.28. The van der Waals surface area contributed by atoms with Gasteiger partial charge in [-0.3, -0.25) is 4.79 Å². The second kappa shape index (κ2) is 3.46. The Hall–Kier alpha value is -1.90. The van der Waals surface area contributed by atoms with Crippen LogP contribution in [0.15, 0.2) is 36.5 Å². The number of benzene rings is 1. The van der Waals surface area contributed by atoms with Crippen molar-refractivity contribution in [3.8, 4) is 0 Å². The molecular weight excluding hydrogens is 176 g/mol. The van der Waals surface area contributed by atoms with Gasteiger partial charge in [0.15, 0.2) is 6.20 Å². The van der Waals surface area contributed by atoms with E-state index in [4.69, 9.17) is 0 Å². The quantitative estimate of drug-likeness (QED) is 0.556. The Morgan fingerprint density at radius 3 is 2.93 bits per heavy atom. The molecule has 0 aliphatic rings. The van der Waals surface area contributed by atoms with E-state index in [9.17, 15) is 4.79 Å². The topological polar surface area (TPSA) is 33.0 Å². The van der Waals surface area contributed by atoms with Crippen LogP contribution in [-0.2, 0) is 11.8 Å². The van der Waals surface area contributed by atoms with Gasteiger partial charge in [0.05, 0.1) is 0 Å². The number of nitrogens with zero attached hydrogens (tertiary/aromatic N) is 1. The van der Waals surface area contributed by atoms with Gasteiger partial charge in [0, 0.05) is 11.5 Å². The Morgan fingerprint density at radius 2 is 2.14 bits per heavy atom. The third-order valence-electron chi connectivity index (χ3n) is 2.19. The molecular formula is C11H11N2O+. The molecule has 0 aliphatic carbocycles. The number of pyridine rings is 1. The predicted octanol–water partition coefficient (Wildman–Crippen LogP) is 1.23. The number of carbonyl (C=O) groups is 1. The van der Waals surface area contributed by atoms with Gasteiger partial charge in [0.1, 0.15) is 12.7 Å². The number of hydrogen-bond donors (Lipinski definition) is 1. The molecule has 14 heavy (non-hydrogen) atoms. The number of fused-ring (bicyclic) bond motifs is 1. The number of nitrogens with one attached hydrogen (secondary N) is 1. The summed E-state index contributed by atoms with van der Waals surface area (Å²) in [4.78, 5) is 10.3. The maximum atomic E-state index is 10.3. The van der Waals surface area contributed by atoms with Crippen LogP contribution in [0.25, 0.3) is 10.9 Å². The Balaban J connectivity index is 2.65. The molecule has 0 atom stereocenters. The molecule has 1 aromatic heterocycles. The number of rotatable bonds is 2. The van der Waals surface area contributed by atoms with Crippen molar-refractivity contribution in [3.05, 3.63) is 36.5 Å². The van der Waals surface area contributed by atoms with Crippen LogP contribution < -0.4 is 9.88 Å². The highest BCUT2D eigenvalue weighted by atomic mass is 16.1. The normalized spacial score (nSPS) is 10.1. The first-order valence-electron chi connectivity index (χ1n) is 4.40. The summed E-state index contributed by atoms with van der Waals surface area (Å²) in [6.07, 6.45) is 2.57. The second-order valence-electron chi connectivity index (χ2n) is 3.16. The van der Waals surface area contributed by atoms with Crippen LogP contribution in [0.3, 0.4) is 0 Å². The Bertz CT molecular complexity index is 480. The van der Waals surface area contributed by atoms with E-state index in [1.165, 1.54) is 0 Å². The molecule has 3 nitrogen and oxygen atoms in total. The van der Waals surface area contributed by atoms with Crippen LogP contribution >= 0.6 is 0 Å². The molecule has 3 heteroatoms. The summed E-state index contributed by atoms with van der Waals surface area (Å²) >= 11 is 0. The van der Waals surface area contributed by atoms with Crippen molar-refractivity contribution < 1.29 is 9.36 Å². The number of carbonyl (C=O) groups excluding carboxylic acids is 1. The summed E-state index contributed by atoms with van der Waals surface area (Å²) < 4.78 is 1.99. The van der Waals surface area contributed by atoms with E-state index in [-0.39, 0.29) is 0 Å². The molecule has 1 N–H and O–H groups in total. The molecule has 0 saturated carbocycles. The Labute approximate surface area is 82.0 Å². The fourth-order valence-electron chi connectivity index (χ4n) is 1.56. The Kier molecular flexibility index (Phi) is 2.14. The van der Waals surface area contributed by atoms with E-state index in [0.29, 0.717) is 6.41 Å². The summed E-state index contributed by atoms with van der Waals surface area (Å²) in [6, 6.07) is 9.98. The number of aryl methyl sites for hydroxylation is 1. The smallest absolute Gasteiger partial charge is 0.212 e. The first-order valence-corrected chi connectivity index (χ1v) is 4.40. The summed E-state index contributed by atoms with van der Waals surface area (Å²) in [5, 5.41) is 3.75. The lowest BCUT2D eigenvalue weighted by atomic mass is 10.2. The zero-order valence-electron chi connectivity index (χ0n) is 7.90. The van der Waals surface area contributed by atoms with Gasteiger partial charge in [-0.2, -0.15) is 4.57 Å². The molecule has 1 aromatic carbocycles. The summed E-state index contributed by atoms with van der Waals surface area (Å²) in [6.45, 7) is 0. The van der Waals surface area contributed by atoms with Gasteiger partial charge in [-0.15, -0.1) is 0 Å². The highest BCUT2D eigenvalue weighted by Crippen LogP contribution is 2.13. The van der Waals surface area contributed by atoms with E-state index < -0.39 is 0 Å². The number of amides is 1. The van der Waals surface area contributed by atoms with Gasteiger partial charge in [-0.05, 0) is 12.1 Å². The summed E-state index contributed by atoms with van der Waals surface area (Å²) in [7, 11) is 1.96. The molecule has 0 radical (unpaired) electrons. The highest BCUT2D eigenvalue weighted by Gasteiger charge is 2.05. The molecule has 70 valence electrons. The predicted molar refractivity (Wildman–Crippen MR) is 54.8 cm³/mol. The van der Waals surface area contributed by atoms with Crippen LogP contribution in [-0.4, -0.2) is 6.41 Å². The molecule has 1 amide bonds. The van der Waals surface area contributed by atoms with Crippen molar-refractivity contribution in [2.24, 2.45) is 7.05 Å². The number of aromatic nitrogens is 1. The highest BCUT2D eigenvalue weighted by molar-refractivity contribution is 5.81. The minimum atomic E-state index is 0.685. The fourth-order valence-corrected chi connectivity index (χ4v) is 1.56. The maximum absolute atomic E-state index is 10.3. The number of hydrogen-bond acceptors (Lipinski definition) is 1. The van der Waals surface area contributed by atoms with Crippen LogP contribution in [0.4, 0.5) is 5.69 Å². The van der Waals surface area contributed by atoms with Crippen LogP contribution in [0.1, 0.15) is 0 Å². The van der Waals surface area contributed by atoms with E-state index in [1.807, 2.05) is 48.1 Å². The SMILES string of the molecule is C[n+]1cc(NC=O)cc2ccccc21. The lowest BCUT2D eigenvalue weighted by Gasteiger charge is -2.00. The van der Waals surface area contributed by atoms with Crippen LogP contribution in [0.2, 0.25) is 0 Å². The molecule has 0 spiro atoms. The van der Waals surface area contributed by atoms with E-state index >= 15 is 0 Å². The number of anilines is 1. The maximum Gasteiger partial charge on any atom is 0.212 e. The minimum absolute atomic E-state index is 0.685. The largest absolute Gasteiger partial charge is 0.324 e. The van der Waals surface area contributed by atoms with Gasteiger partial charge in [-0.1, -0.05) is 12.1 Å². The van der Waals surface area contributed by atoms with Crippen LogP contribution in [0, 0.1) is 0 Å². The van der Waals surface area contributed by atoms with Gasteiger partial charge in [0.2, 0.25) is 11.9 Å². The third kappa shape index (κ3) is 1.44. The molecule has 1 heterocycles. The van der Waals surface area contributed by atoms with E-state index in [0.717, 1.165) is 16.6 Å². The molecule has 0 saturated heterocycles. The van der Waals surface area contributed by atoms with Crippen molar-refractivity contribution in [2.45, 2.75) is 0 Å². The third-order valence-corrected chi connectivity index (χ3v) is 2.19. The average molecular weight is 187 g/mol. The van der Waals surface area contributed by atoms with Crippen molar-refractivity contribution in [1.82, 2.24) is 0 Å². The lowest BCUT2D eigenvalue weighted by molar-refractivity contribution is -0.644. The Morgan fingerprint density at radius 1 is 1.36 bits per heavy atom. The van der Waals surface area contributed by atoms with Gasteiger partial charge in [-0.25, -0.2) is 0 Å². The van der Waals surface area contributed by atoms with Crippen molar-refractivity contribution in [1.29, 1.82) is 0 Å². The summed E-state index contributed by atoms with van der Waals surface area (Å²) in [5.74, 6) is 0. The molecule has 0 aliphatic heterocycles. The zero-order valence-corrected chi connectivity index (χ0v) is 7.90. The van der Waals surface area contributed by atoms with Crippen molar-refractivity contribution in [3.63, 3.8) is 0 Å². The summed E-state index contributed by atoms with van der Waals surface area (Å²) in [5.41, 5.74) is 1.95.